The van der Waals surface area contributed by atoms with Crippen LogP contribution in [-0.4, -0.2) is 0 Å². The maximum atomic E-state index is 6.77. The summed E-state index contributed by atoms with van der Waals surface area (Å²) in [6.07, 6.45) is 0. The van der Waals surface area contributed by atoms with Crippen LogP contribution in [0.15, 0.2) is 205 Å². The van der Waals surface area contributed by atoms with Crippen molar-refractivity contribution in [3.8, 4) is 44.5 Å². The summed E-state index contributed by atoms with van der Waals surface area (Å²) in [5, 5.41) is 9.71. The molecule has 1 aliphatic carbocycles. The van der Waals surface area contributed by atoms with Crippen molar-refractivity contribution in [2.45, 2.75) is 0 Å². The maximum Gasteiger partial charge on any atom is 0.159 e. The summed E-state index contributed by atoms with van der Waals surface area (Å²) in [4.78, 5) is 2.40. The number of fused-ring (bicyclic) bond motifs is 17. The Morgan fingerprint density at radius 1 is 0.268 bits per heavy atom. The predicted octanol–water partition coefficient (Wildman–Crippen LogP) is 15.5. The molecule has 12 rings (SSSR count). The maximum absolute atomic E-state index is 6.77. The van der Waals surface area contributed by atoms with Gasteiger partial charge in [-0.25, -0.2) is 0 Å². The van der Waals surface area contributed by atoms with Crippen LogP contribution in [0.5, 0.6) is 0 Å². The fourth-order valence-electron chi connectivity index (χ4n) is 9.36. The first-order chi connectivity index (χ1) is 27.8. The molecule has 0 aliphatic heterocycles. The van der Waals surface area contributed by atoms with Crippen LogP contribution in [0.3, 0.4) is 0 Å². The zero-order valence-electron chi connectivity index (χ0n) is 30.4. The molecule has 0 N–H and O–H groups in total. The third-order valence-corrected chi connectivity index (χ3v) is 11.8. The Bertz CT molecular complexity index is 3350. The third-order valence-electron chi connectivity index (χ3n) is 11.8. The summed E-state index contributed by atoms with van der Waals surface area (Å²) in [6.45, 7) is 0. The molecule has 1 aliphatic rings. The Hall–Kier alpha value is -7.42. The molecule has 0 unspecified atom stereocenters. The highest BCUT2D eigenvalue weighted by atomic mass is 16.3. The first-order valence-electron chi connectivity index (χ1n) is 19.3. The summed E-state index contributed by atoms with van der Waals surface area (Å²) in [6, 6.07) is 72.9. The number of hydrogen-bond acceptors (Lipinski definition) is 2. The Balaban J connectivity index is 1.17. The van der Waals surface area contributed by atoms with Gasteiger partial charge in [0, 0.05) is 22.1 Å². The van der Waals surface area contributed by atoms with Crippen molar-refractivity contribution in [2.24, 2.45) is 0 Å². The number of para-hydroxylation sites is 2. The molecule has 1 aromatic heterocycles. The van der Waals surface area contributed by atoms with Gasteiger partial charge in [0.05, 0.1) is 5.69 Å². The van der Waals surface area contributed by atoms with Crippen molar-refractivity contribution in [2.75, 3.05) is 4.90 Å². The summed E-state index contributed by atoms with van der Waals surface area (Å²) in [7, 11) is 0. The lowest BCUT2D eigenvalue weighted by molar-refractivity contribution is 0.669. The van der Waals surface area contributed by atoms with E-state index in [9.17, 15) is 0 Å². The Morgan fingerprint density at radius 2 is 0.679 bits per heavy atom. The molecule has 1 heterocycles. The normalized spacial score (nSPS) is 11.9. The van der Waals surface area contributed by atoms with Crippen LogP contribution in [0.4, 0.5) is 17.1 Å². The van der Waals surface area contributed by atoms with E-state index in [0.717, 1.165) is 39.0 Å². The zero-order valence-corrected chi connectivity index (χ0v) is 30.4. The minimum atomic E-state index is 0.864. The monoisotopic (exact) mass is 711 g/mol. The Morgan fingerprint density at radius 3 is 1.27 bits per heavy atom. The summed E-state index contributed by atoms with van der Waals surface area (Å²) < 4.78 is 6.77. The van der Waals surface area contributed by atoms with Crippen LogP contribution in [0.25, 0.3) is 98.8 Å². The second-order valence-corrected chi connectivity index (χ2v) is 14.8. The Labute approximate surface area is 324 Å². The molecule has 260 valence electrons. The molecule has 0 spiro atoms. The molecular formula is C54H33NO. The quantitative estimate of drug-likeness (QED) is 0.170. The number of benzene rings is 10. The standard InChI is InChI=1S/C54H33NO/c1-2-15-37-36(14-1)38-16-3-5-20-42(38)46-30-28-34(32-50(46)44-22-9-7-18-40(37)44)55(52-26-13-25-49-48-24-11-12-27-53(48)56-54(49)52)35-29-31-47-43-21-6-4-17-39(43)41-19-8-10-23-45(41)51(47)33-35/h1-33H. The number of hydrogen-bond donors (Lipinski definition) is 0. The van der Waals surface area contributed by atoms with E-state index in [1.807, 2.05) is 6.07 Å². The fraction of sp³-hybridized carbons (Fsp3) is 0. The van der Waals surface area contributed by atoms with Crippen LogP contribution < -0.4 is 4.90 Å². The van der Waals surface area contributed by atoms with E-state index in [-0.39, 0.29) is 0 Å². The molecule has 2 heteroatoms. The molecular weight excluding hydrogens is 679 g/mol. The third kappa shape index (κ3) is 4.50. The number of furan rings is 1. The van der Waals surface area contributed by atoms with Crippen molar-refractivity contribution < 1.29 is 4.42 Å². The molecule has 0 fully saturated rings. The van der Waals surface area contributed by atoms with Gasteiger partial charge in [-0.2, -0.15) is 0 Å². The van der Waals surface area contributed by atoms with Gasteiger partial charge in [0.1, 0.15) is 5.58 Å². The smallest absolute Gasteiger partial charge is 0.159 e. The van der Waals surface area contributed by atoms with Gasteiger partial charge in [0.2, 0.25) is 0 Å². The number of rotatable bonds is 3. The van der Waals surface area contributed by atoms with Crippen molar-refractivity contribution in [3.63, 3.8) is 0 Å². The van der Waals surface area contributed by atoms with Gasteiger partial charge in [-0.15, -0.1) is 0 Å². The van der Waals surface area contributed by atoms with Crippen LogP contribution in [-0.2, 0) is 0 Å². The van der Waals surface area contributed by atoms with E-state index in [1.165, 1.54) is 76.8 Å². The topological polar surface area (TPSA) is 16.4 Å². The van der Waals surface area contributed by atoms with E-state index >= 15 is 0 Å². The van der Waals surface area contributed by atoms with Gasteiger partial charge in [-0.1, -0.05) is 164 Å². The highest BCUT2D eigenvalue weighted by molar-refractivity contribution is 6.26. The molecule has 11 aromatic rings. The molecule has 0 saturated carbocycles. The van der Waals surface area contributed by atoms with E-state index in [4.69, 9.17) is 4.42 Å². The first-order valence-corrected chi connectivity index (χ1v) is 19.3. The van der Waals surface area contributed by atoms with Crippen LogP contribution >= 0.6 is 0 Å². The molecule has 0 bridgehead atoms. The average molecular weight is 712 g/mol. The van der Waals surface area contributed by atoms with Crippen LogP contribution in [0.1, 0.15) is 0 Å². The molecule has 56 heavy (non-hydrogen) atoms. The SMILES string of the molecule is c1ccc2c(c1)-c1ccccc1-c1ccc(N(c3ccc4c5ccccc5c5ccccc5c4c3)c3cccc4c3oc3ccccc34)cc1-c1ccccc1-2. The molecule has 0 radical (unpaired) electrons. The lowest BCUT2D eigenvalue weighted by Crippen LogP contribution is -2.11. The lowest BCUT2D eigenvalue weighted by atomic mass is 9.81. The van der Waals surface area contributed by atoms with E-state index in [1.54, 1.807) is 0 Å². The summed E-state index contributed by atoms with van der Waals surface area (Å²) >= 11 is 0. The predicted molar refractivity (Wildman–Crippen MR) is 236 cm³/mol. The van der Waals surface area contributed by atoms with E-state index in [0.29, 0.717) is 0 Å². The van der Waals surface area contributed by atoms with Gasteiger partial charge < -0.3 is 9.32 Å². The first kappa shape index (κ1) is 31.0. The molecule has 2 nitrogen and oxygen atoms in total. The lowest BCUT2D eigenvalue weighted by Gasteiger charge is -2.29. The minimum absolute atomic E-state index is 0.864. The van der Waals surface area contributed by atoms with Gasteiger partial charge in [0.15, 0.2) is 5.58 Å². The second-order valence-electron chi connectivity index (χ2n) is 14.8. The highest BCUT2D eigenvalue weighted by Crippen LogP contribution is 2.51. The van der Waals surface area contributed by atoms with E-state index in [2.05, 4.69) is 199 Å². The van der Waals surface area contributed by atoms with Gasteiger partial charge in [-0.3, -0.25) is 0 Å². The molecule has 0 saturated heterocycles. The van der Waals surface area contributed by atoms with Crippen LogP contribution in [0.2, 0.25) is 0 Å². The van der Waals surface area contributed by atoms with Gasteiger partial charge in [-0.05, 0) is 113 Å². The zero-order chi connectivity index (χ0) is 36.7. The van der Waals surface area contributed by atoms with Crippen molar-refractivity contribution >= 4 is 71.3 Å². The van der Waals surface area contributed by atoms with Crippen LogP contribution in [0, 0.1) is 0 Å². The number of nitrogens with zero attached hydrogens (tertiary/aromatic N) is 1. The van der Waals surface area contributed by atoms with E-state index < -0.39 is 0 Å². The number of anilines is 3. The second kappa shape index (κ2) is 12.0. The molecule has 0 atom stereocenters. The van der Waals surface area contributed by atoms with Gasteiger partial charge in [0.25, 0.3) is 0 Å². The van der Waals surface area contributed by atoms with Crippen molar-refractivity contribution in [3.05, 3.63) is 200 Å². The molecule has 0 amide bonds. The molecule has 10 aromatic carbocycles. The highest BCUT2D eigenvalue weighted by Gasteiger charge is 2.25. The fourth-order valence-corrected chi connectivity index (χ4v) is 9.36. The Kier molecular flexibility index (Phi) is 6.66. The average Bonchev–Trinajstić information content (AvgIpc) is 3.66. The summed E-state index contributed by atoms with van der Waals surface area (Å²) in [5.74, 6) is 0. The minimum Gasteiger partial charge on any atom is -0.454 e. The van der Waals surface area contributed by atoms with Gasteiger partial charge >= 0.3 is 0 Å². The van der Waals surface area contributed by atoms with Crippen molar-refractivity contribution in [1.82, 2.24) is 0 Å². The summed E-state index contributed by atoms with van der Waals surface area (Å²) in [5.41, 5.74) is 14.7. The largest absolute Gasteiger partial charge is 0.454 e. The van der Waals surface area contributed by atoms with Crippen molar-refractivity contribution in [1.29, 1.82) is 0 Å².